The Morgan fingerprint density at radius 2 is 1.84 bits per heavy atom. The fourth-order valence-corrected chi connectivity index (χ4v) is 6.76. The van der Waals surface area contributed by atoms with E-state index >= 15 is 0 Å². The quantitative estimate of drug-likeness (QED) is 0.396. The lowest BCUT2D eigenvalue weighted by atomic mass is 9.97. The summed E-state index contributed by atoms with van der Waals surface area (Å²) in [5, 5.41) is 7.34. The molecule has 0 radical (unpaired) electrons. The van der Waals surface area contributed by atoms with Crippen LogP contribution < -0.4 is 0 Å². The van der Waals surface area contributed by atoms with Gasteiger partial charge in [-0.3, -0.25) is 0 Å². The normalized spacial score (nSPS) is 17.1. The summed E-state index contributed by atoms with van der Waals surface area (Å²) < 4.78 is 4.27. The molecular weight excluding hydrogens is 416 g/mol. The highest BCUT2D eigenvalue weighted by Gasteiger charge is 2.22. The Bertz CT molecular complexity index is 1450. The van der Waals surface area contributed by atoms with Crippen LogP contribution in [0.3, 0.4) is 0 Å². The molecule has 1 aromatic carbocycles. The van der Waals surface area contributed by atoms with Gasteiger partial charge in [-0.2, -0.15) is 0 Å². The first kappa shape index (κ1) is 18.8. The topological polar surface area (TPSA) is 51.2 Å². The summed E-state index contributed by atoms with van der Waals surface area (Å²) in [6.45, 7) is 4.56. The number of fused-ring (bicyclic) bond motifs is 6. The van der Waals surface area contributed by atoms with Crippen molar-refractivity contribution in [2.45, 2.75) is 45.1 Å². The standard InChI is InChI=1S/C25H26N6S/c1-3-9-20-17(7-1)19(15-30(20)14-13-29-11-5-6-12-29)23-27-24-22-18-8-2-4-10-21(18)32-25(22)26-16-31(24)28-23/h1,3,7,9,15-16H,2,4-6,8,10-14H2. The lowest BCUT2D eigenvalue weighted by Gasteiger charge is -2.15. The van der Waals surface area contributed by atoms with Crippen LogP contribution in [0.15, 0.2) is 36.8 Å². The number of aromatic nitrogens is 5. The maximum atomic E-state index is 5.09. The second kappa shape index (κ2) is 7.39. The zero-order valence-corrected chi connectivity index (χ0v) is 18.9. The summed E-state index contributed by atoms with van der Waals surface area (Å²) >= 11 is 1.84. The molecule has 5 heterocycles. The molecule has 6 nitrogen and oxygen atoms in total. The molecule has 32 heavy (non-hydrogen) atoms. The van der Waals surface area contributed by atoms with Gasteiger partial charge in [-0.1, -0.05) is 18.2 Å². The summed E-state index contributed by atoms with van der Waals surface area (Å²) in [7, 11) is 0. The molecule has 5 aromatic rings. The average molecular weight is 443 g/mol. The highest BCUT2D eigenvalue weighted by atomic mass is 32.1. The molecule has 1 aliphatic heterocycles. The van der Waals surface area contributed by atoms with Gasteiger partial charge in [0.2, 0.25) is 0 Å². The monoisotopic (exact) mass is 442 g/mol. The van der Waals surface area contributed by atoms with Crippen molar-refractivity contribution in [2.75, 3.05) is 19.6 Å². The minimum absolute atomic E-state index is 0.797. The van der Waals surface area contributed by atoms with E-state index in [1.165, 1.54) is 71.9 Å². The van der Waals surface area contributed by atoms with Crippen molar-refractivity contribution >= 4 is 38.1 Å². The Balaban J connectivity index is 1.35. The van der Waals surface area contributed by atoms with Gasteiger partial charge in [-0.05, 0) is 63.2 Å². The molecule has 0 bridgehead atoms. The predicted octanol–water partition coefficient (Wildman–Crippen LogP) is 4.94. The van der Waals surface area contributed by atoms with Crippen molar-refractivity contribution < 1.29 is 0 Å². The van der Waals surface area contributed by atoms with Crippen LogP contribution in [0.4, 0.5) is 0 Å². The molecule has 4 aromatic heterocycles. The van der Waals surface area contributed by atoms with Crippen molar-refractivity contribution in [3.63, 3.8) is 0 Å². The van der Waals surface area contributed by atoms with Gasteiger partial charge in [-0.15, -0.1) is 16.4 Å². The molecule has 7 heteroatoms. The van der Waals surface area contributed by atoms with E-state index in [1.54, 1.807) is 0 Å². The lowest BCUT2D eigenvalue weighted by Crippen LogP contribution is -2.23. The van der Waals surface area contributed by atoms with E-state index in [4.69, 9.17) is 15.1 Å². The van der Waals surface area contributed by atoms with Crippen molar-refractivity contribution in [1.82, 2.24) is 29.0 Å². The van der Waals surface area contributed by atoms with Crippen LogP contribution in [0.2, 0.25) is 0 Å². The van der Waals surface area contributed by atoms with Gasteiger partial charge in [0.15, 0.2) is 11.5 Å². The lowest BCUT2D eigenvalue weighted by molar-refractivity contribution is 0.324. The Morgan fingerprint density at radius 3 is 2.78 bits per heavy atom. The first-order valence-electron chi connectivity index (χ1n) is 11.8. The average Bonchev–Trinajstić information content (AvgIpc) is 3.61. The first-order valence-corrected chi connectivity index (χ1v) is 12.6. The third kappa shape index (κ3) is 2.91. The van der Waals surface area contributed by atoms with Crippen LogP contribution in [0.5, 0.6) is 0 Å². The van der Waals surface area contributed by atoms with Crippen LogP contribution in [-0.2, 0) is 19.4 Å². The van der Waals surface area contributed by atoms with Crippen molar-refractivity contribution in [2.24, 2.45) is 0 Å². The number of likely N-dealkylation sites (tertiary alicyclic amines) is 1. The van der Waals surface area contributed by atoms with Crippen molar-refractivity contribution in [1.29, 1.82) is 0 Å². The maximum absolute atomic E-state index is 5.09. The van der Waals surface area contributed by atoms with E-state index in [9.17, 15) is 0 Å². The minimum Gasteiger partial charge on any atom is -0.345 e. The Labute approximate surface area is 190 Å². The number of para-hydroxylation sites is 1. The van der Waals surface area contributed by atoms with Crippen molar-refractivity contribution in [3.8, 4) is 11.4 Å². The fourth-order valence-electron chi connectivity index (χ4n) is 5.53. The molecule has 1 saturated heterocycles. The van der Waals surface area contributed by atoms with Gasteiger partial charge in [0.05, 0.1) is 5.39 Å². The number of hydrogen-bond donors (Lipinski definition) is 0. The zero-order chi connectivity index (χ0) is 21.1. The molecule has 0 saturated carbocycles. The SMILES string of the molecule is c1ccc2c(c1)c(-c1nc3c4c5c(sc4ncn3n1)CCCC5)cn2CCN1CCCC1. The summed E-state index contributed by atoms with van der Waals surface area (Å²) in [6.07, 6.45) is 11.6. The Hall–Kier alpha value is -2.77. The summed E-state index contributed by atoms with van der Waals surface area (Å²) in [5.74, 6) is 0.797. The van der Waals surface area contributed by atoms with Crippen LogP contribution in [0, 0.1) is 0 Å². The Kier molecular flexibility index (Phi) is 4.33. The number of aryl methyl sites for hydroxylation is 2. The number of hydrogen-bond acceptors (Lipinski definition) is 5. The van der Waals surface area contributed by atoms with E-state index in [2.05, 4.69) is 39.9 Å². The molecule has 7 rings (SSSR count). The second-order valence-electron chi connectivity index (χ2n) is 9.14. The van der Waals surface area contributed by atoms with Crippen LogP contribution in [0.1, 0.15) is 36.1 Å². The minimum atomic E-state index is 0.797. The highest BCUT2D eigenvalue weighted by molar-refractivity contribution is 7.19. The number of nitrogens with zero attached hydrogens (tertiary/aromatic N) is 6. The third-order valence-corrected chi connectivity index (χ3v) is 8.38. The molecular formula is C25H26N6S. The second-order valence-corrected chi connectivity index (χ2v) is 10.2. The van der Waals surface area contributed by atoms with Gasteiger partial charge in [0, 0.05) is 40.6 Å². The molecule has 162 valence electrons. The maximum Gasteiger partial charge on any atom is 0.184 e. The van der Waals surface area contributed by atoms with Gasteiger partial charge in [-0.25, -0.2) is 14.5 Å². The van der Waals surface area contributed by atoms with Gasteiger partial charge in [0.1, 0.15) is 11.2 Å². The summed E-state index contributed by atoms with van der Waals surface area (Å²) in [4.78, 5) is 15.0. The van der Waals surface area contributed by atoms with Crippen LogP contribution in [-0.4, -0.2) is 48.7 Å². The van der Waals surface area contributed by atoms with Crippen molar-refractivity contribution in [3.05, 3.63) is 47.2 Å². The number of benzene rings is 1. The van der Waals surface area contributed by atoms with E-state index in [0.29, 0.717) is 0 Å². The molecule has 1 aliphatic carbocycles. The molecule has 0 N–H and O–H groups in total. The highest BCUT2D eigenvalue weighted by Crippen LogP contribution is 2.38. The van der Waals surface area contributed by atoms with E-state index in [0.717, 1.165) is 41.4 Å². The van der Waals surface area contributed by atoms with E-state index in [1.807, 2.05) is 22.2 Å². The summed E-state index contributed by atoms with van der Waals surface area (Å²) in [5.41, 5.74) is 4.79. The zero-order valence-electron chi connectivity index (χ0n) is 18.1. The number of rotatable bonds is 4. The third-order valence-electron chi connectivity index (χ3n) is 7.18. The largest absolute Gasteiger partial charge is 0.345 e. The smallest absolute Gasteiger partial charge is 0.184 e. The molecule has 1 fully saturated rings. The fraction of sp³-hybridized carbons (Fsp3) is 0.400. The predicted molar refractivity (Wildman–Crippen MR) is 129 cm³/mol. The van der Waals surface area contributed by atoms with Crippen LogP contribution >= 0.6 is 11.3 Å². The van der Waals surface area contributed by atoms with E-state index in [-0.39, 0.29) is 0 Å². The molecule has 0 unspecified atom stereocenters. The van der Waals surface area contributed by atoms with E-state index < -0.39 is 0 Å². The molecule has 0 amide bonds. The molecule has 0 spiro atoms. The number of thiophene rings is 1. The van der Waals surface area contributed by atoms with Crippen LogP contribution in [0.25, 0.3) is 38.2 Å². The van der Waals surface area contributed by atoms with Gasteiger partial charge in [0.25, 0.3) is 0 Å². The van der Waals surface area contributed by atoms with Gasteiger partial charge >= 0.3 is 0 Å². The molecule has 2 aliphatic rings. The Morgan fingerprint density at radius 1 is 0.969 bits per heavy atom. The first-order chi connectivity index (χ1) is 15.8. The summed E-state index contributed by atoms with van der Waals surface area (Å²) in [6, 6.07) is 8.65. The molecule has 0 atom stereocenters. The van der Waals surface area contributed by atoms with Gasteiger partial charge < -0.3 is 9.47 Å².